The second kappa shape index (κ2) is 7.29. The Labute approximate surface area is 211 Å². The Bertz CT molecular complexity index is 1240. The summed E-state index contributed by atoms with van der Waals surface area (Å²) in [5.41, 5.74) is -0.249. The van der Waals surface area contributed by atoms with E-state index in [1.54, 1.807) is 26.8 Å². The molecule has 186 valence electrons. The third-order valence-electron chi connectivity index (χ3n) is 8.01. The number of likely N-dealkylation sites (tertiary alicyclic amines) is 2. The molecule has 35 heavy (non-hydrogen) atoms. The lowest BCUT2D eigenvalue weighted by atomic mass is 9.56. The van der Waals surface area contributed by atoms with Crippen molar-refractivity contribution in [3.63, 3.8) is 0 Å². The number of benzene rings is 1. The third kappa shape index (κ3) is 2.84. The lowest BCUT2D eigenvalue weighted by molar-refractivity contribution is -0.146. The number of halogens is 3. The van der Waals surface area contributed by atoms with E-state index in [2.05, 4.69) is 0 Å². The van der Waals surface area contributed by atoms with Crippen LogP contribution in [0.5, 0.6) is 5.75 Å². The Morgan fingerprint density at radius 3 is 2.34 bits per heavy atom. The van der Waals surface area contributed by atoms with Crippen molar-refractivity contribution in [2.24, 2.45) is 17.8 Å². The number of para-hydroxylation sites is 1. The molecule has 2 aliphatic heterocycles. The molecule has 0 bridgehead atoms. The topological polar surface area (TPSA) is 95.0 Å². The van der Waals surface area contributed by atoms with Crippen LogP contribution < -0.4 is 0 Å². The maximum Gasteiger partial charge on any atom is 0.253 e. The fourth-order valence-electron chi connectivity index (χ4n) is 6.52. The van der Waals surface area contributed by atoms with Crippen molar-refractivity contribution in [2.45, 2.75) is 54.8 Å². The van der Waals surface area contributed by atoms with E-state index in [0.29, 0.717) is 5.57 Å². The number of carbonyl (C=O) groups excluding carboxylic acids is 4. The number of imide groups is 2. The molecule has 2 heterocycles. The number of phenolic OH excluding ortho intramolecular Hbond substituents is 1. The lowest BCUT2D eigenvalue weighted by Gasteiger charge is -2.50. The molecule has 1 aromatic rings. The van der Waals surface area contributed by atoms with Crippen molar-refractivity contribution in [2.75, 3.05) is 7.05 Å². The van der Waals surface area contributed by atoms with Gasteiger partial charge in [0, 0.05) is 24.1 Å². The number of fused-ring (bicyclic) bond motifs is 4. The Morgan fingerprint density at radius 2 is 1.71 bits per heavy atom. The van der Waals surface area contributed by atoms with Gasteiger partial charge >= 0.3 is 0 Å². The highest BCUT2D eigenvalue weighted by atomic mass is 35.5. The van der Waals surface area contributed by atoms with Crippen LogP contribution in [0.15, 0.2) is 29.8 Å². The average Bonchev–Trinajstić information content (AvgIpc) is 3.11. The molecule has 2 aliphatic carbocycles. The number of carbonyl (C=O) groups is 4. The van der Waals surface area contributed by atoms with Gasteiger partial charge in [0.1, 0.15) is 0 Å². The molecular weight excluding hydrogens is 498 g/mol. The molecule has 1 N–H and O–H groups in total. The second-order valence-electron chi connectivity index (χ2n) is 10.9. The summed E-state index contributed by atoms with van der Waals surface area (Å²) >= 11 is 14.0. The molecule has 0 spiro atoms. The van der Waals surface area contributed by atoms with Crippen LogP contribution in [0.4, 0.5) is 4.39 Å². The van der Waals surface area contributed by atoms with Crippen LogP contribution in [0.2, 0.25) is 0 Å². The van der Waals surface area contributed by atoms with Crippen LogP contribution in [0.3, 0.4) is 0 Å². The van der Waals surface area contributed by atoms with Crippen LogP contribution >= 0.6 is 23.2 Å². The van der Waals surface area contributed by atoms with Gasteiger partial charge in [-0.15, -0.1) is 23.2 Å². The highest BCUT2D eigenvalue weighted by Crippen LogP contribution is 2.66. The summed E-state index contributed by atoms with van der Waals surface area (Å²) in [6.07, 6.45) is 1.80. The molecule has 4 amide bonds. The van der Waals surface area contributed by atoms with Gasteiger partial charge in [-0.3, -0.25) is 29.0 Å². The first-order valence-corrected chi connectivity index (χ1v) is 12.2. The van der Waals surface area contributed by atoms with Crippen molar-refractivity contribution in [3.8, 4) is 5.75 Å². The number of allylic oxidation sites excluding steroid dienone is 2. The van der Waals surface area contributed by atoms with E-state index in [1.807, 2.05) is 0 Å². The number of aromatic hydroxyl groups is 1. The van der Waals surface area contributed by atoms with Crippen LogP contribution in [0.1, 0.15) is 45.1 Å². The molecule has 2 saturated heterocycles. The number of nitrogens with zero attached hydrogens (tertiary/aromatic N) is 2. The van der Waals surface area contributed by atoms with Gasteiger partial charge < -0.3 is 5.11 Å². The van der Waals surface area contributed by atoms with Gasteiger partial charge in [-0.05, 0) is 45.6 Å². The number of hydrogen-bond acceptors (Lipinski definition) is 5. The molecule has 4 aliphatic rings. The molecule has 0 aromatic heterocycles. The fraction of sp³-hybridized carbons (Fsp3) is 0.520. The molecular formula is C25H25Cl2FN2O5. The molecule has 3 fully saturated rings. The molecule has 1 aromatic carbocycles. The summed E-state index contributed by atoms with van der Waals surface area (Å²) in [5, 5.41) is 10.7. The standard InChI is InChI=1S/C25H25Cl2FN2O5/c1-23(2,3)30-19(32)12-9-8-11-14(16(12)20(30)33)10-24(26)21(34)29(4)22(35)25(24,27)17(11)13-6-5-7-15(28)18(13)31/h5-8,12,14,16-17,31H,9-10H2,1-4H3. The van der Waals surface area contributed by atoms with Crippen molar-refractivity contribution in [3.05, 3.63) is 41.2 Å². The van der Waals surface area contributed by atoms with Crippen molar-refractivity contribution in [1.82, 2.24) is 9.80 Å². The zero-order chi connectivity index (χ0) is 25.8. The predicted octanol–water partition coefficient (Wildman–Crippen LogP) is 3.32. The quantitative estimate of drug-likeness (QED) is 0.346. The minimum atomic E-state index is -2.06. The molecule has 6 unspecified atom stereocenters. The van der Waals surface area contributed by atoms with Gasteiger partial charge in [-0.2, -0.15) is 0 Å². The second-order valence-corrected chi connectivity index (χ2v) is 12.1. The highest BCUT2D eigenvalue weighted by molar-refractivity contribution is 6.53. The van der Waals surface area contributed by atoms with Gasteiger partial charge in [0.15, 0.2) is 21.3 Å². The third-order valence-corrected chi connectivity index (χ3v) is 9.43. The molecule has 6 atom stereocenters. The molecule has 7 nitrogen and oxygen atoms in total. The van der Waals surface area contributed by atoms with E-state index in [9.17, 15) is 28.7 Å². The Balaban J connectivity index is 1.75. The highest BCUT2D eigenvalue weighted by Gasteiger charge is 2.76. The lowest BCUT2D eigenvalue weighted by Crippen LogP contribution is -2.60. The Hall–Kier alpha value is -2.45. The van der Waals surface area contributed by atoms with Crippen LogP contribution in [0.25, 0.3) is 0 Å². The summed E-state index contributed by atoms with van der Waals surface area (Å²) in [6, 6.07) is 3.86. The van der Waals surface area contributed by atoms with Crippen molar-refractivity contribution >= 4 is 46.8 Å². The van der Waals surface area contributed by atoms with Crippen LogP contribution in [-0.4, -0.2) is 60.9 Å². The molecule has 5 rings (SSSR count). The zero-order valence-corrected chi connectivity index (χ0v) is 21.2. The molecule has 10 heteroatoms. The minimum Gasteiger partial charge on any atom is -0.505 e. The van der Waals surface area contributed by atoms with Crippen molar-refractivity contribution in [1.29, 1.82) is 0 Å². The predicted molar refractivity (Wildman–Crippen MR) is 125 cm³/mol. The average molecular weight is 523 g/mol. The number of alkyl halides is 2. The van der Waals surface area contributed by atoms with E-state index in [-0.39, 0.29) is 30.2 Å². The van der Waals surface area contributed by atoms with E-state index in [4.69, 9.17) is 23.2 Å². The number of phenols is 1. The zero-order valence-electron chi connectivity index (χ0n) is 19.6. The summed E-state index contributed by atoms with van der Waals surface area (Å²) in [6.45, 7) is 5.30. The summed E-state index contributed by atoms with van der Waals surface area (Å²) in [7, 11) is 1.27. The van der Waals surface area contributed by atoms with Gasteiger partial charge in [0.25, 0.3) is 11.8 Å². The van der Waals surface area contributed by atoms with Gasteiger partial charge in [-0.1, -0.05) is 23.8 Å². The van der Waals surface area contributed by atoms with Gasteiger partial charge in [-0.25, -0.2) is 4.39 Å². The Morgan fingerprint density at radius 1 is 1.06 bits per heavy atom. The van der Waals surface area contributed by atoms with E-state index in [1.165, 1.54) is 24.1 Å². The first-order chi connectivity index (χ1) is 16.2. The van der Waals surface area contributed by atoms with E-state index in [0.717, 1.165) is 11.0 Å². The Kier molecular flexibility index (Phi) is 5.05. The van der Waals surface area contributed by atoms with E-state index < -0.39 is 62.3 Å². The fourth-order valence-corrected chi connectivity index (χ4v) is 7.53. The SMILES string of the molecule is CN1C(=O)C2(Cl)CC3C(=CCC4C(=O)N(C(C)(C)C)C(=O)C43)C(c3cccc(F)c3O)C2(Cl)C1=O. The van der Waals surface area contributed by atoms with E-state index >= 15 is 0 Å². The number of rotatable bonds is 1. The number of amides is 4. The molecule has 0 radical (unpaired) electrons. The maximum absolute atomic E-state index is 14.5. The first kappa shape index (κ1) is 24.3. The van der Waals surface area contributed by atoms with Gasteiger partial charge in [0.05, 0.1) is 11.8 Å². The summed E-state index contributed by atoms with van der Waals surface area (Å²) < 4.78 is 14.5. The normalized spacial score (nSPS) is 36.8. The first-order valence-electron chi connectivity index (χ1n) is 11.4. The van der Waals surface area contributed by atoms with Crippen molar-refractivity contribution < 1.29 is 28.7 Å². The minimum absolute atomic E-state index is 0.000301. The summed E-state index contributed by atoms with van der Waals surface area (Å²) in [5.74, 6) is -7.16. The number of hydrogen-bond donors (Lipinski definition) is 1. The summed E-state index contributed by atoms with van der Waals surface area (Å²) in [4.78, 5) is 51.7. The smallest absolute Gasteiger partial charge is 0.253 e. The largest absolute Gasteiger partial charge is 0.505 e. The van der Waals surface area contributed by atoms with Gasteiger partial charge in [0.2, 0.25) is 11.8 Å². The monoisotopic (exact) mass is 522 g/mol. The van der Waals surface area contributed by atoms with Crippen LogP contribution in [0, 0.1) is 23.6 Å². The maximum atomic E-state index is 14.5. The van der Waals surface area contributed by atoms with Crippen LogP contribution in [-0.2, 0) is 19.2 Å². The molecule has 1 saturated carbocycles.